The van der Waals surface area contributed by atoms with Gasteiger partial charge in [-0.1, -0.05) is 6.07 Å². The standard InChI is InChI=1S/C34H35N9O2S/c1-22-27(8-9-30-29(22)20-39-43(30)21-34(2,3)44)32-28-16-31(36-17-23(28)10-11-35-32)40-24-4-6-26(7-5-24)46-41-33-37-18-25(19-38-33)42-12-14-45-15-13-42/h4-11,16-20,44H,12-15,21H2,1-3H3,(H,36,40)(H,37,38,41). The SMILES string of the molecule is Cc1c(-c2nccc3cnc(Nc4ccc(SNc5ncc(N6CCOCC6)cn5)cc4)cc23)ccc2c1cnn2CC(C)(C)O. The molecule has 12 heteroatoms. The molecule has 2 aromatic carbocycles. The van der Waals surface area contributed by atoms with Crippen molar-refractivity contribution in [2.24, 2.45) is 0 Å². The topological polar surface area (TPSA) is 126 Å². The highest BCUT2D eigenvalue weighted by atomic mass is 32.2. The molecule has 1 fully saturated rings. The second-order valence-corrected chi connectivity index (χ2v) is 12.8. The zero-order valence-electron chi connectivity index (χ0n) is 25.9. The minimum Gasteiger partial charge on any atom is -0.389 e. The van der Waals surface area contributed by atoms with Gasteiger partial charge in [-0.25, -0.2) is 15.0 Å². The van der Waals surface area contributed by atoms with E-state index in [1.54, 1.807) is 13.8 Å². The number of nitrogens with one attached hydrogen (secondary N) is 2. The summed E-state index contributed by atoms with van der Waals surface area (Å²) in [7, 11) is 0. The van der Waals surface area contributed by atoms with E-state index in [1.165, 1.54) is 11.9 Å². The number of rotatable bonds is 9. The van der Waals surface area contributed by atoms with Crippen LogP contribution in [0, 0.1) is 6.92 Å². The van der Waals surface area contributed by atoms with Crippen LogP contribution in [0.3, 0.4) is 0 Å². The molecule has 3 N–H and O–H groups in total. The van der Waals surface area contributed by atoms with Gasteiger partial charge in [0.2, 0.25) is 5.95 Å². The second kappa shape index (κ2) is 12.5. The van der Waals surface area contributed by atoms with Crippen molar-refractivity contribution in [1.29, 1.82) is 0 Å². The van der Waals surface area contributed by atoms with Gasteiger partial charge in [0, 0.05) is 57.8 Å². The summed E-state index contributed by atoms with van der Waals surface area (Å²) < 4.78 is 10.5. The van der Waals surface area contributed by atoms with Gasteiger partial charge in [0.25, 0.3) is 0 Å². The molecule has 0 radical (unpaired) electrons. The van der Waals surface area contributed by atoms with E-state index in [2.05, 4.69) is 54.0 Å². The minimum absolute atomic E-state index is 0.413. The normalized spacial score (nSPS) is 13.8. The van der Waals surface area contributed by atoms with E-state index in [0.717, 1.165) is 86.9 Å². The van der Waals surface area contributed by atoms with Crippen LogP contribution < -0.4 is 14.9 Å². The molecule has 1 saturated heterocycles. The predicted octanol–water partition coefficient (Wildman–Crippen LogP) is 6.22. The van der Waals surface area contributed by atoms with Crippen LogP contribution in [0.2, 0.25) is 0 Å². The first-order chi connectivity index (χ1) is 22.3. The van der Waals surface area contributed by atoms with E-state index in [4.69, 9.17) is 9.72 Å². The maximum absolute atomic E-state index is 10.3. The van der Waals surface area contributed by atoms with Crippen LogP contribution in [0.5, 0.6) is 0 Å². The maximum Gasteiger partial charge on any atom is 0.233 e. The number of aryl methyl sites for hydroxylation is 1. The van der Waals surface area contributed by atoms with Crippen molar-refractivity contribution in [1.82, 2.24) is 29.7 Å². The van der Waals surface area contributed by atoms with E-state index in [0.29, 0.717) is 12.5 Å². The molecule has 7 rings (SSSR count). The Kier molecular flexibility index (Phi) is 8.16. The first kappa shape index (κ1) is 29.9. The fraction of sp³-hybridized carbons (Fsp3) is 0.265. The van der Waals surface area contributed by atoms with E-state index in [1.807, 2.05) is 72.1 Å². The quantitative estimate of drug-likeness (QED) is 0.157. The lowest BCUT2D eigenvalue weighted by Gasteiger charge is -2.28. The van der Waals surface area contributed by atoms with Gasteiger partial charge in [0.05, 0.1) is 60.8 Å². The highest BCUT2D eigenvalue weighted by molar-refractivity contribution is 8.00. The Hall–Kier alpha value is -4.78. The Balaban J connectivity index is 1.06. The minimum atomic E-state index is -0.861. The first-order valence-corrected chi connectivity index (χ1v) is 16.0. The van der Waals surface area contributed by atoms with Crippen LogP contribution in [0.1, 0.15) is 19.4 Å². The van der Waals surface area contributed by atoms with E-state index in [9.17, 15) is 5.11 Å². The van der Waals surface area contributed by atoms with Gasteiger partial charge in [0.1, 0.15) is 5.82 Å². The summed E-state index contributed by atoms with van der Waals surface area (Å²) >= 11 is 1.46. The third-order valence-electron chi connectivity index (χ3n) is 7.94. The Morgan fingerprint density at radius 3 is 2.46 bits per heavy atom. The van der Waals surface area contributed by atoms with Crippen LogP contribution in [0.25, 0.3) is 32.9 Å². The Labute approximate surface area is 271 Å². The Bertz CT molecular complexity index is 1980. The molecule has 0 aliphatic carbocycles. The van der Waals surface area contributed by atoms with Crippen LogP contribution in [0.15, 0.2) is 84.4 Å². The van der Waals surface area contributed by atoms with Crippen molar-refractivity contribution in [2.45, 2.75) is 37.8 Å². The lowest BCUT2D eigenvalue weighted by molar-refractivity contribution is 0.0591. The lowest BCUT2D eigenvalue weighted by Crippen LogP contribution is -2.36. The fourth-order valence-electron chi connectivity index (χ4n) is 5.61. The number of morpholine rings is 1. The van der Waals surface area contributed by atoms with Gasteiger partial charge >= 0.3 is 0 Å². The monoisotopic (exact) mass is 633 g/mol. The summed E-state index contributed by atoms with van der Waals surface area (Å²) in [5.41, 5.74) is 5.06. The Morgan fingerprint density at radius 2 is 1.70 bits per heavy atom. The van der Waals surface area contributed by atoms with Gasteiger partial charge in [0.15, 0.2) is 0 Å². The first-order valence-electron chi connectivity index (χ1n) is 15.2. The molecule has 0 atom stereocenters. The molecule has 234 valence electrons. The van der Waals surface area contributed by atoms with E-state index < -0.39 is 5.60 Å². The maximum atomic E-state index is 10.3. The molecule has 1 aliphatic heterocycles. The van der Waals surface area contributed by atoms with Crippen LogP contribution in [-0.2, 0) is 11.3 Å². The van der Waals surface area contributed by atoms with Crippen LogP contribution in [-0.4, -0.2) is 66.7 Å². The molecule has 1 aliphatic rings. The average Bonchev–Trinajstić information content (AvgIpc) is 3.47. The molecular weight excluding hydrogens is 599 g/mol. The zero-order valence-corrected chi connectivity index (χ0v) is 26.8. The van der Waals surface area contributed by atoms with Gasteiger partial charge in [-0.15, -0.1) is 0 Å². The highest BCUT2D eigenvalue weighted by Gasteiger charge is 2.18. The summed E-state index contributed by atoms with van der Waals surface area (Å²) in [6.07, 6.45) is 9.25. The Morgan fingerprint density at radius 1 is 0.913 bits per heavy atom. The van der Waals surface area contributed by atoms with Crippen LogP contribution in [0.4, 0.5) is 23.1 Å². The number of benzene rings is 2. The average molecular weight is 634 g/mol. The smallest absolute Gasteiger partial charge is 0.233 e. The van der Waals surface area contributed by atoms with Gasteiger partial charge in [-0.2, -0.15) is 5.10 Å². The van der Waals surface area contributed by atoms with Gasteiger partial charge in [-0.3, -0.25) is 14.4 Å². The molecule has 0 amide bonds. The number of fused-ring (bicyclic) bond motifs is 2. The van der Waals surface area contributed by atoms with Crippen molar-refractivity contribution in [3.05, 3.63) is 85.1 Å². The summed E-state index contributed by atoms with van der Waals surface area (Å²) in [6, 6.07) is 16.3. The highest BCUT2D eigenvalue weighted by Crippen LogP contribution is 2.34. The number of pyridine rings is 2. The number of nitrogens with zero attached hydrogens (tertiary/aromatic N) is 7. The molecule has 0 bridgehead atoms. The number of anilines is 4. The largest absolute Gasteiger partial charge is 0.389 e. The van der Waals surface area contributed by atoms with E-state index >= 15 is 0 Å². The van der Waals surface area contributed by atoms with E-state index in [-0.39, 0.29) is 0 Å². The summed E-state index contributed by atoms with van der Waals surface area (Å²) in [5.74, 6) is 1.29. The van der Waals surface area contributed by atoms with Crippen molar-refractivity contribution in [3.8, 4) is 11.3 Å². The number of aliphatic hydroxyl groups is 1. The fourth-order valence-corrected chi connectivity index (χ4v) is 6.19. The van der Waals surface area contributed by atoms with Gasteiger partial charge < -0.3 is 20.1 Å². The third-order valence-corrected chi connectivity index (χ3v) is 8.73. The van der Waals surface area contributed by atoms with Crippen molar-refractivity contribution >= 4 is 56.8 Å². The summed E-state index contributed by atoms with van der Waals surface area (Å²) in [4.78, 5) is 21.6. The lowest BCUT2D eigenvalue weighted by atomic mass is 9.98. The molecule has 0 unspecified atom stereocenters. The van der Waals surface area contributed by atoms with Gasteiger partial charge in [-0.05, 0) is 80.7 Å². The summed E-state index contributed by atoms with van der Waals surface area (Å²) in [6.45, 7) is 9.24. The third kappa shape index (κ3) is 6.45. The number of ether oxygens (including phenoxy) is 1. The van der Waals surface area contributed by atoms with Crippen molar-refractivity contribution < 1.29 is 9.84 Å². The number of aromatic nitrogens is 6. The molecular formula is C34H35N9O2S. The molecule has 0 spiro atoms. The second-order valence-electron chi connectivity index (χ2n) is 12.0. The molecule has 0 saturated carbocycles. The van der Waals surface area contributed by atoms with Crippen molar-refractivity contribution in [2.75, 3.05) is 41.2 Å². The molecule has 6 aromatic rings. The molecule has 46 heavy (non-hydrogen) atoms. The molecule has 11 nitrogen and oxygen atoms in total. The zero-order chi connectivity index (χ0) is 31.7. The summed E-state index contributed by atoms with van der Waals surface area (Å²) in [5, 5.41) is 21.4. The molecule has 5 heterocycles. The predicted molar refractivity (Wildman–Crippen MR) is 184 cm³/mol. The number of hydrogen-bond acceptors (Lipinski definition) is 11. The number of hydrogen-bond donors (Lipinski definition) is 3. The van der Waals surface area contributed by atoms with Crippen molar-refractivity contribution in [3.63, 3.8) is 0 Å². The van der Waals surface area contributed by atoms with Crippen LogP contribution >= 0.6 is 11.9 Å². The molecule has 4 aromatic heterocycles.